The van der Waals surface area contributed by atoms with Crippen molar-refractivity contribution in [2.75, 3.05) is 6.61 Å². The van der Waals surface area contributed by atoms with E-state index in [0.717, 1.165) is 48.1 Å². The van der Waals surface area contributed by atoms with Gasteiger partial charge in [-0.3, -0.25) is 9.48 Å². The van der Waals surface area contributed by atoms with Crippen LogP contribution in [0.4, 0.5) is 0 Å². The first-order valence-corrected chi connectivity index (χ1v) is 11.6. The Bertz CT molecular complexity index is 1150. The number of tetrazole rings is 1. The van der Waals surface area contributed by atoms with E-state index in [1.54, 1.807) is 0 Å². The summed E-state index contributed by atoms with van der Waals surface area (Å²) in [5, 5.41) is 22.1. The van der Waals surface area contributed by atoms with Crippen LogP contribution in [0.15, 0.2) is 36.7 Å². The lowest BCUT2D eigenvalue weighted by atomic mass is 9.78. The van der Waals surface area contributed by atoms with Gasteiger partial charge in [0.05, 0.1) is 30.0 Å². The Hall–Kier alpha value is -3.49. The first kappa shape index (κ1) is 21.4. The van der Waals surface area contributed by atoms with Crippen LogP contribution >= 0.6 is 0 Å². The summed E-state index contributed by atoms with van der Waals surface area (Å²) in [5.74, 6) is 0.906. The average Bonchev–Trinajstić information content (AvgIpc) is 3.45. The molecule has 1 atom stereocenters. The van der Waals surface area contributed by atoms with Gasteiger partial charge >= 0.3 is 0 Å². The van der Waals surface area contributed by atoms with Crippen LogP contribution < -0.4 is 10.1 Å². The third-order valence-corrected chi connectivity index (χ3v) is 6.67. The van der Waals surface area contributed by atoms with Crippen molar-refractivity contribution in [2.24, 2.45) is 0 Å². The van der Waals surface area contributed by atoms with E-state index in [-0.39, 0.29) is 5.91 Å². The monoisotopic (exact) mass is 447 g/mol. The van der Waals surface area contributed by atoms with Crippen molar-refractivity contribution in [3.05, 3.63) is 53.6 Å². The van der Waals surface area contributed by atoms with E-state index in [1.807, 2.05) is 48.3 Å². The Morgan fingerprint density at radius 2 is 2.06 bits per heavy atom. The number of nitrogens with one attached hydrogen (secondary N) is 2. The average molecular weight is 448 g/mol. The van der Waals surface area contributed by atoms with Crippen molar-refractivity contribution in [2.45, 2.75) is 64.0 Å². The summed E-state index contributed by atoms with van der Waals surface area (Å²) < 4.78 is 7.83. The lowest BCUT2D eigenvalue weighted by Gasteiger charge is -2.37. The molecule has 2 aliphatic rings. The van der Waals surface area contributed by atoms with Gasteiger partial charge in [0, 0.05) is 18.2 Å². The summed E-state index contributed by atoms with van der Waals surface area (Å²) >= 11 is 0. The number of amides is 1. The van der Waals surface area contributed by atoms with E-state index < -0.39 is 5.54 Å². The number of rotatable bonds is 8. The normalized spacial score (nSPS) is 21.1. The number of nitrogens with zero attached hydrogens (tertiary/aromatic N) is 5. The maximum absolute atomic E-state index is 13.4. The summed E-state index contributed by atoms with van der Waals surface area (Å²) in [4.78, 5) is 13.4. The molecule has 1 aliphatic carbocycles. The number of aromatic nitrogens is 6. The summed E-state index contributed by atoms with van der Waals surface area (Å²) in [6.07, 6.45) is 10.1. The van der Waals surface area contributed by atoms with Crippen LogP contribution in [-0.4, -0.2) is 42.9 Å². The minimum absolute atomic E-state index is 0.222. The predicted molar refractivity (Wildman–Crippen MR) is 123 cm³/mol. The predicted octanol–water partition coefficient (Wildman–Crippen LogP) is 3.65. The van der Waals surface area contributed by atoms with Crippen LogP contribution in [0.2, 0.25) is 0 Å². The Morgan fingerprint density at radius 1 is 1.24 bits per heavy atom. The van der Waals surface area contributed by atoms with Crippen molar-refractivity contribution in [1.82, 2.24) is 35.7 Å². The molecular weight excluding hydrogens is 418 g/mol. The summed E-state index contributed by atoms with van der Waals surface area (Å²) in [6, 6.07) is 8.42. The zero-order valence-corrected chi connectivity index (χ0v) is 19.0. The van der Waals surface area contributed by atoms with Gasteiger partial charge in [0.25, 0.3) is 5.91 Å². The molecule has 1 aliphatic heterocycles. The van der Waals surface area contributed by atoms with Gasteiger partial charge in [-0.25, -0.2) is 0 Å². The van der Waals surface area contributed by atoms with Gasteiger partial charge in [-0.05, 0) is 61.1 Å². The maximum atomic E-state index is 13.4. The molecule has 0 saturated heterocycles. The smallest absolute Gasteiger partial charge is 0.256 e. The number of hydrogen-bond donors (Lipinski definition) is 2. The summed E-state index contributed by atoms with van der Waals surface area (Å²) in [7, 11) is 0. The molecule has 0 radical (unpaired) electrons. The molecule has 0 unspecified atom stereocenters. The topological polar surface area (TPSA) is 111 Å². The second-order valence-corrected chi connectivity index (χ2v) is 9.07. The molecule has 0 bridgehead atoms. The fourth-order valence-electron chi connectivity index (χ4n) is 4.46. The van der Waals surface area contributed by atoms with Gasteiger partial charge in [0.2, 0.25) is 5.82 Å². The number of aromatic amines is 1. The fourth-order valence-corrected chi connectivity index (χ4v) is 4.46. The minimum Gasteiger partial charge on any atom is -0.494 e. The molecule has 9 nitrogen and oxygen atoms in total. The van der Waals surface area contributed by atoms with Crippen LogP contribution in [0.3, 0.4) is 0 Å². The quantitative estimate of drug-likeness (QED) is 0.510. The molecule has 172 valence electrons. The first-order chi connectivity index (χ1) is 16.1. The van der Waals surface area contributed by atoms with Gasteiger partial charge in [-0.15, -0.1) is 10.2 Å². The van der Waals surface area contributed by atoms with Crippen LogP contribution in [0.25, 0.3) is 11.1 Å². The highest BCUT2D eigenvalue weighted by Crippen LogP contribution is 2.41. The van der Waals surface area contributed by atoms with E-state index in [9.17, 15) is 4.79 Å². The fraction of sp³-hybridized carbons (Fsp3) is 0.458. The van der Waals surface area contributed by atoms with Crippen molar-refractivity contribution in [1.29, 1.82) is 0 Å². The third kappa shape index (κ3) is 4.15. The van der Waals surface area contributed by atoms with Gasteiger partial charge in [0.15, 0.2) is 0 Å². The molecule has 5 rings (SSSR count). The van der Waals surface area contributed by atoms with Crippen LogP contribution in [0.1, 0.15) is 75.4 Å². The lowest BCUT2D eigenvalue weighted by Crippen LogP contribution is -2.47. The molecule has 1 fully saturated rings. The second kappa shape index (κ2) is 8.80. The van der Waals surface area contributed by atoms with Gasteiger partial charge in [-0.1, -0.05) is 25.5 Å². The first-order valence-electron chi connectivity index (χ1n) is 11.6. The number of ether oxygens (including phenoxy) is 1. The van der Waals surface area contributed by atoms with Crippen LogP contribution in [0.5, 0.6) is 5.75 Å². The van der Waals surface area contributed by atoms with Crippen molar-refractivity contribution in [3.63, 3.8) is 0 Å². The SMILES string of the molecule is CCCCOc1ccc([C@]2(C)CC(c3cnn(C4CCC4)c3)=C(c3nn[nH]n3)C(=O)N2)cc1. The highest BCUT2D eigenvalue weighted by molar-refractivity contribution is 6.27. The Morgan fingerprint density at radius 3 is 2.73 bits per heavy atom. The zero-order chi connectivity index (χ0) is 22.8. The Kier molecular flexibility index (Phi) is 5.70. The number of hydrogen-bond acceptors (Lipinski definition) is 6. The largest absolute Gasteiger partial charge is 0.494 e. The number of H-pyrrole nitrogens is 1. The molecule has 33 heavy (non-hydrogen) atoms. The second-order valence-electron chi connectivity index (χ2n) is 9.07. The third-order valence-electron chi connectivity index (χ3n) is 6.67. The molecule has 2 N–H and O–H groups in total. The molecule has 1 saturated carbocycles. The van der Waals surface area contributed by atoms with Gasteiger partial charge in [0.1, 0.15) is 5.75 Å². The lowest BCUT2D eigenvalue weighted by molar-refractivity contribution is -0.117. The van der Waals surface area contributed by atoms with E-state index in [0.29, 0.717) is 30.5 Å². The van der Waals surface area contributed by atoms with Gasteiger partial charge in [-0.2, -0.15) is 10.3 Å². The summed E-state index contributed by atoms with van der Waals surface area (Å²) in [5.41, 5.74) is 2.64. The van der Waals surface area contributed by atoms with E-state index in [2.05, 4.69) is 38.0 Å². The van der Waals surface area contributed by atoms with Crippen LogP contribution in [-0.2, 0) is 10.3 Å². The highest BCUT2D eigenvalue weighted by Gasteiger charge is 2.39. The van der Waals surface area contributed by atoms with E-state index in [4.69, 9.17) is 4.74 Å². The molecule has 1 amide bonds. The zero-order valence-electron chi connectivity index (χ0n) is 19.0. The highest BCUT2D eigenvalue weighted by atomic mass is 16.5. The molecule has 3 aromatic rings. The van der Waals surface area contributed by atoms with Gasteiger partial charge < -0.3 is 10.1 Å². The van der Waals surface area contributed by atoms with E-state index >= 15 is 0 Å². The maximum Gasteiger partial charge on any atom is 0.256 e. The number of benzene rings is 1. The van der Waals surface area contributed by atoms with Crippen molar-refractivity contribution >= 4 is 17.1 Å². The number of carbonyl (C=O) groups excluding carboxylic acids is 1. The molecule has 9 heteroatoms. The Labute approximate surface area is 192 Å². The van der Waals surface area contributed by atoms with Crippen molar-refractivity contribution < 1.29 is 9.53 Å². The molecule has 0 spiro atoms. The van der Waals surface area contributed by atoms with Crippen LogP contribution in [0, 0.1) is 0 Å². The summed E-state index contributed by atoms with van der Waals surface area (Å²) in [6.45, 7) is 4.89. The van der Waals surface area contributed by atoms with Crippen molar-refractivity contribution in [3.8, 4) is 5.75 Å². The minimum atomic E-state index is -0.597. The molecule has 3 heterocycles. The molecule has 2 aromatic heterocycles. The van der Waals surface area contributed by atoms with E-state index in [1.165, 1.54) is 6.42 Å². The standard InChI is InChI=1S/C24H29N7O2/c1-3-4-12-33-19-10-8-17(9-11-19)24(2)13-20(16-14-25-31(15-16)18-6-5-7-18)21(23(32)26-24)22-27-29-30-28-22/h8-11,14-15,18H,3-7,12-13H2,1-2H3,(H,26,32)(H,27,28,29,30)/t24-/m0/s1. The number of carbonyl (C=O) groups is 1. The molecule has 1 aromatic carbocycles. The molecular formula is C24H29N7O2. The Balaban J connectivity index is 1.48. The number of unbranched alkanes of at least 4 members (excludes halogenated alkanes) is 1.